The summed E-state index contributed by atoms with van der Waals surface area (Å²) in [5.74, 6) is -0.165. The molecule has 100 valence electrons. The fourth-order valence-corrected chi connectivity index (χ4v) is 1.29. The number of nitrogens with zero attached hydrogens (tertiary/aromatic N) is 3. The molecular formula is C12H13FN4O2. The molecule has 2 aromatic rings. The second kappa shape index (κ2) is 5.94. The molecule has 0 aliphatic carbocycles. The number of aromatic nitrogens is 3. The van der Waals surface area contributed by atoms with Gasteiger partial charge in [-0.2, -0.15) is 9.97 Å². The van der Waals surface area contributed by atoms with Gasteiger partial charge in [-0.15, -0.1) is 4.98 Å². The van der Waals surface area contributed by atoms with Crippen LogP contribution in [0.4, 0.5) is 10.3 Å². The van der Waals surface area contributed by atoms with Crippen molar-refractivity contribution in [3.8, 4) is 17.8 Å². The monoisotopic (exact) mass is 264 g/mol. The molecule has 2 rings (SSSR count). The van der Waals surface area contributed by atoms with Gasteiger partial charge in [0.1, 0.15) is 11.6 Å². The van der Waals surface area contributed by atoms with E-state index in [4.69, 9.17) is 15.2 Å². The van der Waals surface area contributed by atoms with Gasteiger partial charge >= 0.3 is 12.0 Å². The molecule has 0 saturated carbocycles. The fourth-order valence-electron chi connectivity index (χ4n) is 1.29. The third-order valence-corrected chi connectivity index (χ3v) is 2.05. The van der Waals surface area contributed by atoms with Gasteiger partial charge in [-0.05, 0) is 18.6 Å². The second-order valence-corrected chi connectivity index (χ2v) is 3.67. The van der Waals surface area contributed by atoms with Gasteiger partial charge in [-0.1, -0.05) is 13.0 Å². The van der Waals surface area contributed by atoms with Gasteiger partial charge in [0.25, 0.3) is 0 Å². The Morgan fingerprint density at radius 2 is 2.00 bits per heavy atom. The molecule has 0 spiro atoms. The molecule has 0 fully saturated rings. The van der Waals surface area contributed by atoms with Crippen LogP contribution in [-0.2, 0) is 0 Å². The highest BCUT2D eigenvalue weighted by atomic mass is 19.1. The van der Waals surface area contributed by atoms with Crippen LogP contribution < -0.4 is 15.2 Å². The number of benzene rings is 1. The summed E-state index contributed by atoms with van der Waals surface area (Å²) in [6.45, 7) is 2.41. The molecule has 7 heteroatoms. The van der Waals surface area contributed by atoms with E-state index in [9.17, 15) is 4.39 Å². The lowest BCUT2D eigenvalue weighted by Gasteiger charge is -2.06. The first kappa shape index (κ1) is 13.0. The van der Waals surface area contributed by atoms with E-state index in [1.807, 2.05) is 6.92 Å². The van der Waals surface area contributed by atoms with Gasteiger partial charge in [0, 0.05) is 6.07 Å². The van der Waals surface area contributed by atoms with Crippen LogP contribution in [0.5, 0.6) is 17.8 Å². The van der Waals surface area contributed by atoms with Crippen molar-refractivity contribution in [3.05, 3.63) is 30.1 Å². The first-order chi connectivity index (χ1) is 9.17. The molecule has 2 N–H and O–H groups in total. The Hall–Kier alpha value is -2.44. The number of nitrogens with two attached hydrogens (primary N) is 1. The first-order valence-electron chi connectivity index (χ1n) is 5.75. The van der Waals surface area contributed by atoms with Gasteiger partial charge in [0.2, 0.25) is 5.95 Å². The van der Waals surface area contributed by atoms with Crippen LogP contribution in [0.1, 0.15) is 13.3 Å². The quantitative estimate of drug-likeness (QED) is 0.891. The lowest BCUT2D eigenvalue weighted by atomic mass is 10.3. The van der Waals surface area contributed by atoms with Crippen molar-refractivity contribution in [2.45, 2.75) is 13.3 Å². The Balaban J connectivity index is 2.17. The number of rotatable bonds is 5. The molecule has 0 aliphatic rings. The number of nitrogen functional groups attached to an aromatic ring is 1. The van der Waals surface area contributed by atoms with Gasteiger partial charge < -0.3 is 15.2 Å². The average Bonchev–Trinajstić information content (AvgIpc) is 2.35. The third-order valence-electron chi connectivity index (χ3n) is 2.05. The summed E-state index contributed by atoms with van der Waals surface area (Å²) in [5.41, 5.74) is 5.52. The van der Waals surface area contributed by atoms with Crippen molar-refractivity contribution in [2.75, 3.05) is 12.3 Å². The summed E-state index contributed by atoms with van der Waals surface area (Å²) < 4.78 is 23.6. The first-order valence-corrected chi connectivity index (χ1v) is 5.75. The lowest BCUT2D eigenvalue weighted by molar-refractivity contribution is 0.285. The Morgan fingerprint density at radius 1 is 1.21 bits per heavy atom. The van der Waals surface area contributed by atoms with Gasteiger partial charge in [-0.3, -0.25) is 0 Å². The van der Waals surface area contributed by atoms with Gasteiger partial charge in [-0.25, -0.2) is 4.39 Å². The molecule has 1 heterocycles. The highest BCUT2D eigenvalue weighted by molar-refractivity contribution is 5.27. The number of hydrogen-bond acceptors (Lipinski definition) is 6. The van der Waals surface area contributed by atoms with Gasteiger partial charge in [0.05, 0.1) is 6.61 Å². The van der Waals surface area contributed by atoms with Crippen molar-refractivity contribution in [1.29, 1.82) is 0 Å². The highest BCUT2D eigenvalue weighted by Gasteiger charge is 2.08. The van der Waals surface area contributed by atoms with Crippen LogP contribution in [0, 0.1) is 5.82 Å². The largest absolute Gasteiger partial charge is 0.463 e. The molecule has 0 amide bonds. The van der Waals surface area contributed by atoms with E-state index in [-0.39, 0.29) is 23.7 Å². The van der Waals surface area contributed by atoms with E-state index < -0.39 is 5.82 Å². The van der Waals surface area contributed by atoms with E-state index >= 15 is 0 Å². The summed E-state index contributed by atoms with van der Waals surface area (Å²) >= 11 is 0. The lowest BCUT2D eigenvalue weighted by Crippen LogP contribution is -2.05. The fraction of sp³-hybridized carbons (Fsp3) is 0.250. The highest BCUT2D eigenvalue weighted by Crippen LogP contribution is 2.20. The number of anilines is 1. The van der Waals surface area contributed by atoms with E-state index in [1.54, 1.807) is 6.07 Å². The van der Waals surface area contributed by atoms with Crippen molar-refractivity contribution in [2.24, 2.45) is 0 Å². The Labute approximate surface area is 109 Å². The summed E-state index contributed by atoms with van der Waals surface area (Å²) in [6, 6.07) is 5.67. The van der Waals surface area contributed by atoms with Crippen molar-refractivity contribution < 1.29 is 13.9 Å². The second-order valence-electron chi connectivity index (χ2n) is 3.67. The van der Waals surface area contributed by atoms with Crippen molar-refractivity contribution >= 4 is 5.95 Å². The minimum absolute atomic E-state index is 0.0208. The van der Waals surface area contributed by atoms with Crippen LogP contribution in [0.3, 0.4) is 0 Å². The molecular weight excluding hydrogens is 251 g/mol. The van der Waals surface area contributed by atoms with Crippen LogP contribution in [0.15, 0.2) is 24.3 Å². The molecule has 0 unspecified atom stereocenters. The molecule has 19 heavy (non-hydrogen) atoms. The molecule has 0 bridgehead atoms. The van der Waals surface area contributed by atoms with Crippen LogP contribution >= 0.6 is 0 Å². The van der Waals surface area contributed by atoms with E-state index in [0.29, 0.717) is 6.61 Å². The van der Waals surface area contributed by atoms with E-state index in [2.05, 4.69) is 15.0 Å². The maximum absolute atomic E-state index is 13.0. The van der Waals surface area contributed by atoms with Crippen LogP contribution in [0.25, 0.3) is 0 Å². The summed E-state index contributed by atoms with van der Waals surface area (Å²) in [7, 11) is 0. The summed E-state index contributed by atoms with van der Waals surface area (Å²) in [4.78, 5) is 11.5. The normalized spacial score (nSPS) is 10.2. The Kier molecular flexibility index (Phi) is 4.07. The molecule has 6 nitrogen and oxygen atoms in total. The molecule has 0 atom stereocenters. The number of hydrogen-bond donors (Lipinski definition) is 1. The average molecular weight is 264 g/mol. The third kappa shape index (κ3) is 3.77. The zero-order valence-corrected chi connectivity index (χ0v) is 10.3. The summed E-state index contributed by atoms with van der Waals surface area (Å²) in [5, 5.41) is 0. The predicted octanol–water partition coefficient (Wildman–Crippen LogP) is 2.17. The number of halogens is 1. The molecule has 0 radical (unpaired) electrons. The zero-order valence-electron chi connectivity index (χ0n) is 10.3. The minimum atomic E-state index is -0.415. The van der Waals surface area contributed by atoms with Crippen LogP contribution in [0.2, 0.25) is 0 Å². The van der Waals surface area contributed by atoms with Crippen molar-refractivity contribution in [1.82, 2.24) is 15.0 Å². The maximum Gasteiger partial charge on any atom is 0.330 e. The maximum atomic E-state index is 13.0. The van der Waals surface area contributed by atoms with Crippen molar-refractivity contribution in [3.63, 3.8) is 0 Å². The smallest absolute Gasteiger partial charge is 0.330 e. The molecule has 1 aromatic carbocycles. The Bertz CT molecular complexity index is 565. The molecule has 0 saturated heterocycles. The zero-order chi connectivity index (χ0) is 13.7. The van der Waals surface area contributed by atoms with Crippen LogP contribution in [-0.4, -0.2) is 21.6 Å². The SMILES string of the molecule is CCCOc1nc(N)nc(Oc2cccc(F)c2)n1. The minimum Gasteiger partial charge on any atom is -0.463 e. The number of ether oxygens (including phenoxy) is 2. The standard InChI is InChI=1S/C12H13FN4O2/c1-2-6-18-11-15-10(14)16-12(17-11)19-9-5-3-4-8(13)7-9/h3-5,7H,2,6H2,1H3,(H2,14,15,16,17). The topological polar surface area (TPSA) is 83.2 Å². The Morgan fingerprint density at radius 3 is 2.74 bits per heavy atom. The molecule has 1 aromatic heterocycles. The predicted molar refractivity (Wildman–Crippen MR) is 66.5 cm³/mol. The van der Waals surface area contributed by atoms with Gasteiger partial charge in [0.15, 0.2) is 0 Å². The molecule has 0 aliphatic heterocycles. The van der Waals surface area contributed by atoms with E-state index in [1.165, 1.54) is 18.2 Å². The summed E-state index contributed by atoms with van der Waals surface area (Å²) in [6.07, 6.45) is 0.811. The van der Waals surface area contributed by atoms with E-state index in [0.717, 1.165) is 6.42 Å².